The van der Waals surface area contributed by atoms with Crippen molar-refractivity contribution in [1.29, 1.82) is 0 Å². The number of hydrogen-bond acceptors (Lipinski definition) is 7. The molecule has 3 heterocycles. The molecule has 4 atom stereocenters. The highest BCUT2D eigenvalue weighted by Gasteiger charge is 2.40. The second-order valence-electron chi connectivity index (χ2n) is 11.8. The second kappa shape index (κ2) is 13.4. The number of nitrogens with two attached hydrogens (primary N) is 1. The number of carboxylic acid groups (broad SMARTS) is 1. The number of ether oxygens (including phenoxy) is 1. The van der Waals surface area contributed by atoms with Gasteiger partial charge in [-0.3, -0.25) is 9.59 Å². The molecule has 11 nitrogen and oxygen atoms in total. The predicted octanol–water partition coefficient (Wildman–Crippen LogP) is 3.36. The number of carbonyl (C=O) groups excluding carboxylic acids is 2. The second-order valence-corrected chi connectivity index (χ2v) is 11.8. The van der Waals surface area contributed by atoms with E-state index in [2.05, 4.69) is 10.3 Å². The smallest absolute Gasteiger partial charge is 0.326 e. The van der Waals surface area contributed by atoms with Crippen LogP contribution in [0, 0.1) is 5.92 Å². The first-order chi connectivity index (χ1) is 20.7. The van der Waals surface area contributed by atoms with Crippen molar-refractivity contribution in [1.82, 2.24) is 24.8 Å². The molecule has 0 radical (unpaired) electrons. The van der Waals surface area contributed by atoms with E-state index >= 15 is 0 Å². The van der Waals surface area contributed by atoms with Gasteiger partial charge in [-0.1, -0.05) is 61.5 Å². The summed E-state index contributed by atoms with van der Waals surface area (Å²) in [4.78, 5) is 41.9. The largest absolute Gasteiger partial charge is 0.489 e. The SMILES string of the molecule is CC(C)[C@@H](C(=O)N1CCC[C@H]1C(=O)O)n1cc([C@@H]2CCCN2C(=O)[C@@H](N)Cc2ccc(OCc3ccccc3)cc2)nn1. The fraction of sp³-hybridized carbons (Fsp3) is 0.469. The molecule has 2 aromatic carbocycles. The Morgan fingerprint density at radius 2 is 1.65 bits per heavy atom. The average molecular weight is 589 g/mol. The van der Waals surface area contributed by atoms with Crippen LogP contribution in [-0.2, 0) is 27.4 Å². The average Bonchev–Trinajstić information content (AvgIpc) is 3.78. The molecule has 5 rings (SSSR count). The van der Waals surface area contributed by atoms with Crippen molar-refractivity contribution in [2.24, 2.45) is 11.7 Å². The Kier molecular flexibility index (Phi) is 9.40. The molecule has 2 aliphatic heterocycles. The minimum Gasteiger partial charge on any atom is -0.489 e. The Morgan fingerprint density at radius 3 is 2.35 bits per heavy atom. The highest BCUT2D eigenvalue weighted by Crippen LogP contribution is 2.33. The summed E-state index contributed by atoms with van der Waals surface area (Å²) < 4.78 is 7.40. The fourth-order valence-corrected chi connectivity index (χ4v) is 6.09. The third-order valence-electron chi connectivity index (χ3n) is 8.34. The number of hydrogen-bond donors (Lipinski definition) is 2. The van der Waals surface area contributed by atoms with Gasteiger partial charge >= 0.3 is 5.97 Å². The van der Waals surface area contributed by atoms with Crippen LogP contribution in [0.15, 0.2) is 60.8 Å². The van der Waals surface area contributed by atoms with Gasteiger partial charge in [-0.15, -0.1) is 5.10 Å². The number of carbonyl (C=O) groups is 3. The molecular weight excluding hydrogens is 548 g/mol. The van der Waals surface area contributed by atoms with Gasteiger partial charge in [0.2, 0.25) is 11.8 Å². The lowest BCUT2D eigenvalue weighted by Gasteiger charge is -2.28. The molecule has 2 saturated heterocycles. The molecule has 43 heavy (non-hydrogen) atoms. The van der Waals surface area contributed by atoms with Crippen LogP contribution in [0.4, 0.5) is 0 Å². The van der Waals surface area contributed by atoms with Crippen molar-refractivity contribution in [3.8, 4) is 5.75 Å². The van der Waals surface area contributed by atoms with E-state index in [4.69, 9.17) is 10.5 Å². The first-order valence-electron chi connectivity index (χ1n) is 15.0. The molecular formula is C32H40N6O5. The minimum atomic E-state index is -0.989. The van der Waals surface area contributed by atoms with Crippen LogP contribution < -0.4 is 10.5 Å². The topological polar surface area (TPSA) is 144 Å². The third kappa shape index (κ3) is 6.88. The van der Waals surface area contributed by atoms with Crippen molar-refractivity contribution in [2.75, 3.05) is 13.1 Å². The molecule has 0 saturated carbocycles. The summed E-state index contributed by atoms with van der Waals surface area (Å²) in [5.41, 5.74) is 9.05. The molecule has 0 aliphatic carbocycles. The van der Waals surface area contributed by atoms with E-state index in [1.165, 1.54) is 9.58 Å². The molecule has 2 fully saturated rings. The molecule has 0 spiro atoms. The Labute approximate surface area is 251 Å². The van der Waals surface area contributed by atoms with Crippen molar-refractivity contribution >= 4 is 17.8 Å². The summed E-state index contributed by atoms with van der Waals surface area (Å²) in [6.45, 7) is 5.26. The van der Waals surface area contributed by atoms with Gasteiger partial charge in [0.1, 0.15) is 30.1 Å². The summed E-state index contributed by atoms with van der Waals surface area (Å²) in [7, 11) is 0. The van der Waals surface area contributed by atoms with E-state index in [-0.39, 0.29) is 23.8 Å². The van der Waals surface area contributed by atoms with E-state index in [1.807, 2.05) is 68.4 Å². The van der Waals surface area contributed by atoms with E-state index in [0.717, 1.165) is 29.7 Å². The molecule has 2 amide bonds. The number of aromatic nitrogens is 3. The van der Waals surface area contributed by atoms with Gasteiger partial charge in [-0.25, -0.2) is 9.48 Å². The number of carboxylic acids is 1. The van der Waals surface area contributed by atoms with Crippen LogP contribution in [0.3, 0.4) is 0 Å². The lowest BCUT2D eigenvalue weighted by Crippen LogP contribution is -2.45. The molecule has 11 heteroatoms. The Balaban J connectivity index is 1.22. The van der Waals surface area contributed by atoms with Crippen LogP contribution in [0.2, 0.25) is 0 Å². The molecule has 2 aliphatic rings. The van der Waals surface area contributed by atoms with E-state index in [9.17, 15) is 19.5 Å². The van der Waals surface area contributed by atoms with Gasteiger partial charge < -0.3 is 25.4 Å². The maximum absolute atomic E-state index is 13.5. The van der Waals surface area contributed by atoms with Crippen LogP contribution >= 0.6 is 0 Å². The predicted molar refractivity (Wildman–Crippen MR) is 159 cm³/mol. The van der Waals surface area contributed by atoms with Crippen molar-refractivity contribution in [3.63, 3.8) is 0 Å². The summed E-state index contributed by atoms with van der Waals surface area (Å²) in [5.74, 6) is -0.802. The quantitative estimate of drug-likeness (QED) is 0.347. The summed E-state index contributed by atoms with van der Waals surface area (Å²) in [6, 6.07) is 15.1. The summed E-state index contributed by atoms with van der Waals surface area (Å²) in [6.07, 6.45) is 4.74. The van der Waals surface area contributed by atoms with Crippen LogP contribution in [0.1, 0.15) is 68.4 Å². The molecule has 0 unspecified atom stereocenters. The molecule has 0 bridgehead atoms. The van der Waals surface area contributed by atoms with E-state index in [0.29, 0.717) is 44.7 Å². The normalized spacial score (nSPS) is 19.9. The first-order valence-corrected chi connectivity index (χ1v) is 15.0. The fourth-order valence-electron chi connectivity index (χ4n) is 6.09. The maximum atomic E-state index is 13.5. The van der Waals surface area contributed by atoms with Crippen LogP contribution in [-0.4, -0.2) is 72.9 Å². The van der Waals surface area contributed by atoms with Gasteiger partial charge in [0.25, 0.3) is 0 Å². The summed E-state index contributed by atoms with van der Waals surface area (Å²) in [5, 5.41) is 18.2. The number of likely N-dealkylation sites (tertiary alicyclic amines) is 2. The molecule has 228 valence electrons. The van der Waals surface area contributed by atoms with Gasteiger partial charge in [0.15, 0.2) is 0 Å². The lowest BCUT2D eigenvalue weighted by atomic mass is 10.0. The first kappa shape index (κ1) is 30.2. The molecule has 3 aromatic rings. The number of rotatable bonds is 11. The standard InChI is InChI=1S/C32H40N6O5/c1-21(2)29(31(40)37-17-7-11-28(37)32(41)42)38-19-26(34-35-38)27-10-6-16-36(27)30(39)25(33)18-22-12-14-24(15-13-22)43-20-23-8-4-3-5-9-23/h3-5,8-9,12-15,19,21,25,27-29H,6-7,10-11,16-18,20,33H2,1-2H3,(H,41,42)/t25-,27-,28-,29-/m0/s1. The van der Waals surface area contributed by atoms with Crippen molar-refractivity contribution in [2.45, 2.75) is 76.7 Å². The number of nitrogens with zero attached hydrogens (tertiary/aromatic N) is 5. The van der Waals surface area contributed by atoms with Gasteiger partial charge in [-0.05, 0) is 61.3 Å². The van der Waals surface area contributed by atoms with Gasteiger partial charge in [0, 0.05) is 13.1 Å². The highest BCUT2D eigenvalue weighted by molar-refractivity contribution is 5.87. The van der Waals surface area contributed by atoms with Gasteiger partial charge in [-0.2, -0.15) is 0 Å². The Hall–Kier alpha value is -4.25. The number of benzene rings is 2. The lowest BCUT2D eigenvalue weighted by molar-refractivity contribution is -0.150. The highest BCUT2D eigenvalue weighted by atomic mass is 16.5. The minimum absolute atomic E-state index is 0.137. The zero-order valence-corrected chi connectivity index (χ0v) is 24.7. The van der Waals surface area contributed by atoms with Crippen LogP contribution in [0.25, 0.3) is 0 Å². The monoisotopic (exact) mass is 588 g/mol. The zero-order valence-electron chi connectivity index (χ0n) is 24.7. The van der Waals surface area contributed by atoms with E-state index < -0.39 is 24.1 Å². The third-order valence-corrected chi connectivity index (χ3v) is 8.34. The van der Waals surface area contributed by atoms with Crippen molar-refractivity contribution < 1.29 is 24.2 Å². The number of aliphatic carboxylic acids is 1. The number of amides is 2. The molecule has 1 aromatic heterocycles. The zero-order chi connectivity index (χ0) is 30.5. The van der Waals surface area contributed by atoms with Gasteiger partial charge in [0.05, 0.1) is 18.3 Å². The van der Waals surface area contributed by atoms with Crippen LogP contribution in [0.5, 0.6) is 5.75 Å². The molecule has 3 N–H and O–H groups in total. The van der Waals surface area contributed by atoms with E-state index in [1.54, 1.807) is 11.1 Å². The Morgan fingerprint density at radius 1 is 0.953 bits per heavy atom. The summed E-state index contributed by atoms with van der Waals surface area (Å²) >= 11 is 0. The van der Waals surface area contributed by atoms with Crippen molar-refractivity contribution in [3.05, 3.63) is 77.6 Å². The maximum Gasteiger partial charge on any atom is 0.326 e. The Bertz CT molecular complexity index is 1410.